The van der Waals surface area contributed by atoms with Gasteiger partial charge in [-0.15, -0.1) is 0 Å². The van der Waals surface area contributed by atoms with Crippen LogP contribution in [-0.2, 0) is 16.1 Å². The minimum absolute atomic E-state index is 0.127. The quantitative estimate of drug-likeness (QED) is 0.701. The molecule has 0 aliphatic rings. The van der Waals surface area contributed by atoms with Gasteiger partial charge in [0.25, 0.3) is 0 Å². The second-order valence-electron chi connectivity index (χ2n) is 5.98. The number of hydrogen-bond acceptors (Lipinski definition) is 4. The van der Waals surface area contributed by atoms with Crippen LogP contribution in [0.25, 0.3) is 10.9 Å². The first-order valence-electron chi connectivity index (χ1n) is 8.39. The molecule has 140 valence electrons. The van der Waals surface area contributed by atoms with Crippen LogP contribution in [0.4, 0.5) is 11.4 Å². The summed E-state index contributed by atoms with van der Waals surface area (Å²) in [5, 5.41) is 6.53. The number of carbonyl (C=O) groups is 2. The summed E-state index contributed by atoms with van der Waals surface area (Å²) in [5.41, 5.74) is 2.15. The molecule has 0 aliphatic heterocycles. The highest BCUT2D eigenvalue weighted by Gasteiger charge is 2.12. The van der Waals surface area contributed by atoms with Crippen molar-refractivity contribution in [1.29, 1.82) is 0 Å². The lowest BCUT2D eigenvalue weighted by Gasteiger charge is -2.12. The van der Waals surface area contributed by atoms with Gasteiger partial charge in [0.1, 0.15) is 18.0 Å². The first-order valence-corrected chi connectivity index (χ1v) is 8.39. The van der Waals surface area contributed by atoms with E-state index in [0.717, 1.165) is 16.6 Å². The summed E-state index contributed by atoms with van der Waals surface area (Å²) in [5.74, 6) is 0.834. The number of rotatable bonds is 6. The van der Waals surface area contributed by atoms with Crippen molar-refractivity contribution >= 4 is 34.1 Å². The maximum atomic E-state index is 12.5. The number of benzene rings is 2. The minimum Gasteiger partial charge on any atom is -0.497 e. The maximum absolute atomic E-state index is 12.5. The third-order valence-electron chi connectivity index (χ3n) is 4.12. The van der Waals surface area contributed by atoms with E-state index in [1.54, 1.807) is 25.3 Å². The largest absolute Gasteiger partial charge is 0.497 e. The molecule has 3 rings (SSSR count). The molecule has 3 aromatic rings. The summed E-state index contributed by atoms with van der Waals surface area (Å²) in [6.07, 6.45) is 1.82. The number of ether oxygens (including phenoxy) is 2. The van der Waals surface area contributed by atoms with Gasteiger partial charge in [-0.1, -0.05) is 6.07 Å². The van der Waals surface area contributed by atoms with Gasteiger partial charge in [0, 0.05) is 24.6 Å². The zero-order valence-corrected chi connectivity index (χ0v) is 15.4. The number of carbonyl (C=O) groups excluding carboxylic acids is 2. The van der Waals surface area contributed by atoms with Crippen LogP contribution in [0.15, 0.2) is 48.7 Å². The van der Waals surface area contributed by atoms with E-state index < -0.39 is 0 Å². The molecule has 0 atom stereocenters. The van der Waals surface area contributed by atoms with Crippen LogP contribution < -0.4 is 20.1 Å². The van der Waals surface area contributed by atoms with Crippen molar-refractivity contribution in [1.82, 2.24) is 4.57 Å². The summed E-state index contributed by atoms with van der Waals surface area (Å²) in [6, 6.07) is 12.6. The second kappa shape index (κ2) is 7.82. The van der Waals surface area contributed by atoms with Gasteiger partial charge in [-0.05, 0) is 30.3 Å². The number of nitrogens with zero attached hydrogens (tertiary/aromatic N) is 1. The van der Waals surface area contributed by atoms with E-state index in [9.17, 15) is 9.59 Å². The van der Waals surface area contributed by atoms with E-state index in [1.807, 2.05) is 35.0 Å². The molecule has 0 saturated heterocycles. The Morgan fingerprint density at radius 2 is 1.81 bits per heavy atom. The number of aromatic nitrogens is 1. The molecule has 2 N–H and O–H groups in total. The summed E-state index contributed by atoms with van der Waals surface area (Å²) < 4.78 is 12.3. The van der Waals surface area contributed by atoms with E-state index in [2.05, 4.69) is 10.6 Å². The zero-order valence-electron chi connectivity index (χ0n) is 15.4. The van der Waals surface area contributed by atoms with E-state index in [4.69, 9.17) is 9.47 Å². The third-order valence-corrected chi connectivity index (χ3v) is 4.12. The molecule has 1 aromatic heterocycles. The highest BCUT2D eigenvalue weighted by Crippen LogP contribution is 2.29. The summed E-state index contributed by atoms with van der Waals surface area (Å²) in [4.78, 5) is 23.9. The Morgan fingerprint density at radius 3 is 2.52 bits per heavy atom. The van der Waals surface area contributed by atoms with E-state index in [1.165, 1.54) is 14.0 Å². The summed E-state index contributed by atoms with van der Waals surface area (Å²) in [6.45, 7) is 1.59. The fraction of sp³-hybridized carbons (Fsp3) is 0.200. The van der Waals surface area contributed by atoms with Crippen LogP contribution >= 0.6 is 0 Å². The Balaban J connectivity index is 1.80. The van der Waals surface area contributed by atoms with Crippen molar-refractivity contribution in [2.75, 3.05) is 24.9 Å². The fourth-order valence-corrected chi connectivity index (χ4v) is 2.91. The molecular weight excluding hydrogens is 346 g/mol. The molecule has 0 bridgehead atoms. The molecular formula is C20H21N3O4. The SMILES string of the molecule is COc1ccc(NC(=O)Cn2ccc3c(NC(C)=O)cccc32)c(OC)c1. The van der Waals surface area contributed by atoms with Gasteiger partial charge in [-0.2, -0.15) is 0 Å². The highest BCUT2D eigenvalue weighted by atomic mass is 16.5. The molecule has 7 nitrogen and oxygen atoms in total. The minimum atomic E-state index is -0.194. The number of hydrogen-bond donors (Lipinski definition) is 2. The predicted octanol–water partition coefficient (Wildman–Crippen LogP) is 3.26. The van der Waals surface area contributed by atoms with Gasteiger partial charge in [0.05, 0.1) is 31.1 Å². The van der Waals surface area contributed by atoms with Crippen LogP contribution in [0.5, 0.6) is 11.5 Å². The Morgan fingerprint density at radius 1 is 1.00 bits per heavy atom. The van der Waals surface area contributed by atoms with Crippen LogP contribution in [0.2, 0.25) is 0 Å². The predicted molar refractivity (Wildman–Crippen MR) is 104 cm³/mol. The zero-order chi connectivity index (χ0) is 19.4. The normalized spacial score (nSPS) is 10.5. The molecule has 7 heteroatoms. The molecule has 0 spiro atoms. The van der Waals surface area contributed by atoms with Gasteiger partial charge >= 0.3 is 0 Å². The van der Waals surface area contributed by atoms with Crippen LogP contribution in [0.3, 0.4) is 0 Å². The fourth-order valence-electron chi connectivity index (χ4n) is 2.91. The lowest BCUT2D eigenvalue weighted by molar-refractivity contribution is -0.116. The molecule has 0 aliphatic carbocycles. The van der Waals surface area contributed by atoms with Gasteiger partial charge in [-0.25, -0.2) is 0 Å². The average Bonchev–Trinajstić information content (AvgIpc) is 3.05. The lowest BCUT2D eigenvalue weighted by atomic mass is 10.2. The van der Waals surface area contributed by atoms with Crippen molar-refractivity contribution in [2.24, 2.45) is 0 Å². The van der Waals surface area contributed by atoms with Crippen molar-refractivity contribution in [3.05, 3.63) is 48.7 Å². The van der Waals surface area contributed by atoms with Crippen LogP contribution in [0.1, 0.15) is 6.92 Å². The Bertz CT molecular complexity index is 994. The van der Waals surface area contributed by atoms with Crippen molar-refractivity contribution < 1.29 is 19.1 Å². The number of anilines is 2. The van der Waals surface area contributed by atoms with Gasteiger partial charge in [0.2, 0.25) is 11.8 Å². The molecule has 0 radical (unpaired) electrons. The lowest BCUT2D eigenvalue weighted by Crippen LogP contribution is -2.18. The van der Waals surface area contributed by atoms with Crippen molar-refractivity contribution in [3.63, 3.8) is 0 Å². The molecule has 2 aromatic carbocycles. The summed E-state index contributed by atoms with van der Waals surface area (Å²) >= 11 is 0. The smallest absolute Gasteiger partial charge is 0.244 e. The van der Waals surface area contributed by atoms with Crippen LogP contribution in [-0.4, -0.2) is 30.6 Å². The monoisotopic (exact) mass is 367 g/mol. The number of nitrogens with one attached hydrogen (secondary N) is 2. The first-order chi connectivity index (χ1) is 13.0. The number of fused-ring (bicyclic) bond motifs is 1. The van der Waals surface area contributed by atoms with Gasteiger partial charge in [-0.3, -0.25) is 9.59 Å². The molecule has 1 heterocycles. The van der Waals surface area contributed by atoms with E-state index in [0.29, 0.717) is 17.2 Å². The van der Waals surface area contributed by atoms with E-state index >= 15 is 0 Å². The third kappa shape index (κ3) is 4.03. The van der Waals surface area contributed by atoms with Gasteiger partial charge < -0.3 is 24.7 Å². The average molecular weight is 367 g/mol. The van der Waals surface area contributed by atoms with Crippen molar-refractivity contribution in [2.45, 2.75) is 13.5 Å². The molecule has 2 amide bonds. The highest BCUT2D eigenvalue weighted by molar-refractivity contribution is 6.01. The second-order valence-corrected chi connectivity index (χ2v) is 5.98. The molecule has 0 saturated carbocycles. The van der Waals surface area contributed by atoms with Crippen LogP contribution in [0, 0.1) is 0 Å². The number of amides is 2. The van der Waals surface area contributed by atoms with Crippen molar-refractivity contribution in [3.8, 4) is 11.5 Å². The van der Waals surface area contributed by atoms with Gasteiger partial charge in [0.15, 0.2) is 0 Å². The Labute approximate surface area is 156 Å². The summed E-state index contributed by atoms with van der Waals surface area (Å²) in [7, 11) is 3.10. The Hall–Kier alpha value is -3.48. The molecule has 0 fully saturated rings. The van der Waals surface area contributed by atoms with E-state index in [-0.39, 0.29) is 18.4 Å². The molecule has 27 heavy (non-hydrogen) atoms. The Kier molecular flexibility index (Phi) is 5.30. The topological polar surface area (TPSA) is 81.6 Å². The number of methoxy groups -OCH3 is 2. The first kappa shape index (κ1) is 18.3. The maximum Gasteiger partial charge on any atom is 0.244 e. The standard InChI is InChI=1S/C20H21N3O4/c1-13(24)21-16-5-4-6-18-15(16)9-10-23(18)12-20(25)22-17-8-7-14(26-2)11-19(17)27-3/h4-11H,12H2,1-3H3,(H,21,24)(H,22,25). The molecule has 0 unspecified atom stereocenters.